The Labute approximate surface area is 264 Å². The molecule has 7 aromatic rings. The Kier molecular flexibility index (Phi) is 6.46. The summed E-state index contributed by atoms with van der Waals surface area (Å²) in [5.41, 5.74) is 13.0. The molecule has 0 spiro atoms. The summed E-state index contributed by atoms with van der Waals surface area (Å²) in [4.78, 5) is 14.8. The van der Waals surface area contributed by atoms with E-state index in [2.05, 4.69) is 105 Å². The lowest BCUT2D eigenvalue weighted by Gasteiger charge is -2.22. The van der Waals surface area contributed by atoms with E-state index in [1.807, 2.05) is 60.7 Å². The zero-order chi connectivity index (χ0) is 30.4. The van der Waals surface area contributed by atoms with Gasteiger partial charge in [0.25, 0.3) is 0 Å². The predicted octanol–water partition coefficient (Wildman–Crippen LogP) is 10.5. The van der Waals surface area contributed by atoms with Crippen molar-refractivity contribution in [1.29, 1.82) is 0 Å². The Morgan fingerprint density at radius 2 is 0.778 bits per heavy atom. The third kappa shape index (κ3) is 4.74. The average Bonchev–Trinajstić information content (AvgIpc) is 3.34. The number of aromatic nitrogens is 3. The second kappa shape index (κ2) is 10.8. The molecule has 3 nitrogen and oxygen atoms in total. The van der Waals surface area contributed by atoms with Gasteiger partial charge in [-0.1, -0.05) is 153 Å². The van der Waals surface area contributed by atoms with E-state index in [0.717, 1.165) is 22.3 Å². The molecule has 214 valence electrons. The van der Waals surface area contributed by atoms with Gasteiger partial charge in [-0.25, -0.2) is 15.0 Å². The van der Waals surface area contributed by atoms with Crippen LogP contribution < -0.4 is 0 Å². The van der Waals surface area contributed by atoms with Gasteiger partial charge in [0.15, 0.2) is 17.5 Å². The molecule has 8 rings (SSSR count). The maximum atomic E-state index is 4.97. The molecule has 0 atom stereocenters. The topological polar surface area (TPSA) is 38.7 Å². The summed E-state index contributed by atoms with van der Waals surface area (Å²) in [5, 5.41) is 0. The number of benzene rings is 6. The third-order valence-corrected chi connectivity index (χ3v) is 8.95. The molecule has 0 saturated carbocycles. The van der Waals surface area contributed by atoms with Crippen LogP contribution in [0.5, 0.6) is 0 Å². The second-order valence-corrected chi connectivity index (χ2v) is 12.1. The highest BCUT2D eigenvalue weighted by Crippen LogP contribution is 2.50. The SMILES string of the molecule is CC1(C)c2ccccc2-c2ccc(-c3ccccc3-c3cccc(-c4nc(-c5ccccc5)nc(-c5ccccc5)n4)c3)cc21. The first-order valence-corrected chi connectivity index (χ1v) is 15.4. The van der Waals surface area contributed by atoms with Gasteiger partial charge >= 0.3 is 0 Å². The summed E-state index contributed by atoms with van der Waals surface area (Å²) in [5.74, 6) is 1.97. The molecule has 0 N–H and O–H groups in total. The van der Waals surface area contributed by atoms with Gasteiger partial charge < -0.3 is 0 Å². The van der Waals surface area contributed by atoms with Gasteiger partial charge in [-0.3, -0.25) is 0 Å². The molecule has 6 aromatic carbocycles. The van der Waals surface area contributed by atoms with Crippen LogP contribution >= 0.6 is 0 Å². The zero-order valence-corrected chi connectivity index (χ0v) is 25.3. The van der Waals surface area contributed by atoms with E-state index in [-0.39, 0.29) is 5.41 Å². The standard InChI is InChI=1S/C42H31N3/c1-42(2)37-23-12-11-22-35(37)36-25-24-31(27-38(36)42)34-21-10-9-20-33(34)30-18-13-19-32(26-30)41-44-39(28-14-5-3-6-15-28)43-40(45-41)29-16-7-4-8-17-29/h3-27H,1-2H3. The lowest BCUT2D eigenvalue weighted by molar-refractivity contribution is 0.660. The highest BCUT2D eigenvalue weighted by atomic mass is 15.0. The Hall–Kier alpha value is -5.67. The first-order chi connectivity index (χ1) is 22.1. The molecule has 1 aliphatic rings. The van der Waals surface area contributed by atoms with Gasteiger partial charge in [0.1, 0.15) is 0 Å². The van der Waals surface area contributed by atoms with Gasteiger partial charge in [0.2, 0.25) is 0 Å². The van der Waals surface area contributed by atoms with Crippen LogP contribution in [0, 0.1) is 0 Å². The minimum absolute atomic E-state index is 0.0532. The van der Waals surface area contributed by atoms with Crippen molar-refractivity contribution in [3.05, 3.63) is 163 Å². The molecular weight excluding hydrogens is 546 g/mol. The van der Waals surface area contributed by atoms with Gasteiger partial charge in [-0.05, 0) is 56.6 Å². The molecule has 0 saturated heterocycles. The van der Waals surface area contributed by atoms with E-state index in [4.69, 9.17) is 15.0 Å². The van der Waals surface area contributed by atoms with Crippen molar-refractivity contribution >= 4 is 0 Å². The summed E-state index contributed by atoms with van der Waals surface area (Å²) in [6.07, 6.45) is 0. The van der Waals surface area contributed by atoms with E-state index >= 15 is 0 Å². The van der Waals surface area contributed by atoms with E-state index < -0.39 is 0 Å². The van der Waals surface area contributed by atoms with Crippen LogP contribution in [-0.4, -0.2) is 15.0 Å². The summed E-state index contributed by atoms with van der Waals surface area (Å²) in [7, 11) is 0. The van der Waals surface area contributed by atoms with Crippen molar-refractivity contribution in [2.24, 2.45) is 0 Å². The van der Waals surface area contributed by atoms with Gasteiger partial charge in [-0.15, -0.1) is 0 Å². The van der Waals surface area contributed by atoms with Crippen LogP contribution in [0.25, 0.3) is 67.5 Å². The number of hydrogen-bond acceptors (Lipinski definition) is 3. The van der Waals surface area contributed by atoms with Crippen molar-refractivity contribution < 1.29 is 0 Å². The molecule has 3 heteroatoms. The molecule has 1 aromatic heterocycles. The maximum absolute atomic E-state index is 4.97. The Morgan fingerprint density at radius 1 is 0.333 bits per heavy atom. The van der Waals surface area contributed by atoms with Gasteiger partial charge in [0, 0.05) is 22.1 Å². The number of rotatable bonds is 5. The third-order valence-electron chi connectivity index (χ3n) is 8.95. The molecule has 0 unspecified atom stereocenters. The molecule has 1 heterocycles. The van der Waals surface area contributed by atoms with Crippen LogP contribution in [0.15, 0.2) is 152 Å². The molecule has 0 bridgehead atoms. The fraction of sp³-hybridized carbons (Fsp3) is 0.0714. The summed E-state index contributed by atoms with van der Waals surface area (Å²) < 4.78 is 0. The number of hydrogen-bond donors (Lipinski definition) is 0. The maximum Gasteiger partial charge on any atom is 0.164 e. The summed E-state index contributed by atoms with van der Waals surface area (Å²) in [6.45, 7) is 4.66. The molecular formula is C42H31N3. The molecule has 0 radical (unpaired) electrons. The number of nitrogens with zero attached hydrogens (tertiary/aromatic N) is 3. The average molecular weight is 578 g/mol. The van der Waals surface area contributed by atoms with Crippen molar-refractivity contribution in [3.8, 4) is 67.5 Å². The van der Waals surface area contributed by atoms with E-state index in [0.29, 0.717) is 17.5 Å². The number of fused-ring (bicyclic) bond motifs is 3. The highest BCUT2D eigenvalue weighted by Gasteiger charge is 2.35. The summed E-state index contributed by atoms with van der Waals surface area (Å²) >= 11 is 0. The Morgan fingerprint density at radius 3 is 1.40 bits per heavy atom. The van der Waals surface area contributed by atoms with Crippen LogP contribution in [0.4, 0.5) is 0 Å². The fourth-order valence-corrected chi connectivity index (χ4v) is 6.62. The van der Waals surface area contributed by atoms with E-state index in [1.165, 1.54) is 38.9 Å². The fourth-order valence-electron chi connectivity index (χ4n) is 6.62. The minimum atomic E-state index is -0.0532. The largest absolute Gasteiger partial charge is 0.208 e. The van der Waals surface area contributed by atoms with Crippen LogP contribution in [-0.2, 0) is 5.41 Å². The van der Waals surface area contributed by atoms with Crippen LogP contribution in [0.1, 0.15) is 25.0 Å². The van der Waals surface area contributed by atoms with Crippen LogP contribution in [0.2, 0.25) is 0 Å². The van der Waals surface area contributed by atoms with Crippen molar-refractivity contribution in [2.45, 2.75) is 19.3 Å². The molecule has 0 amide bonds. The zero-order valence-electron chi connectivity index (χ0n) is 25.3. The molecule has 45 heavy (non-hydrogen) atoms. The first kappa shape index (κ1) is 26.9. The first-order valence-electron chi connectivity index (χ1n) is 15.4. The monoisotopic (exact) mass is 577 g/mol. The second-order valence-electron chi connectivity index (χ2n) is 12.1. The smallest absolute Gasteiger partial charge is 0.164 e. The van der Waals surface area contributed by atoms with Crippen molar-refractivity contribution in [3.63, 3.8) is 0 Å². The molecule has 0 aliphatic heterocycles. The van der Waals surface area contributed by atoms with Crippen molar-refractivity contribution in [1.82, 2.24) is 15.0 Å². The van der Waals surface area contributed by atoms with Crippen LogP contribution in [0.3, 0.4) is 0 Å². The normalized spacial score (nSPS) is 12.8. The predicted molar refractivity (Wildman–Crippen MR) is 185 cm³/mol. The Balaban J connectivity index is 1.23. The summed E-state index contributed by atoms with van der Waals surface area (Å²) in [6, 6.07) is 53.2. The minimum Gasteiger partial charge on any atom is -0.208 e. The van der Waals surface area contributed by atoms with E-state index in [9.17, 15) is 0 Å². The lowest BCUT2D eigenvalue weighted by atomic mass is 9.81. The highest BCUT2D eigenvalue weighted by molar-refractivity contribution is 5.89. The molecule has 1 aliphatic carbocycles. The van der Waals surface area contributed by atoms with E-state index in [1.54, 1.807) is 0 Å². The lowest BCUT2D eigenvalue weighted by Crippen LogP contribution is -2.14. The quantitative estimate of drug-likeness (QED) is 0.204. The van der Waals surface area contributed by atoms with Gasteiger partial charge in [-0.2, -0.15) is 0 Å². The van der Waals surface area contributed by atoms with Crippen molar-refractivity contribution in [2.75, 3.05) is 0 Å². The van der Waals surface area contributed by atoms with Gasteiger partial charge in [0.05, 0.1) is 0 Å². The Bertz CT molecular complexity index is 2130. The molecule has 0 fully saturated rings.